The Morgan fingerprint density at radius 3 is 2.53 bits per heavy atom. The normalized spacial score (nSPS) is 11.1. The van der Waals surface area contributed by atoms with Gasteiger partial charge in [-0.2, -0.15) is 13.2 Å². The molecule has 1 aromatic carbocycles. The maximum Gasteiger partial charge on any atom is 0.416 e. The highest BCUT2D eigenvalue weighted by atomic mass is 19.4. The number of anilines is 1. The Labute approximate surface area is 109 Å². The molecule has 0 saturated heterocycles. The number of hydrogen-bond donors (Lipinski definition) is 1. The topological polar surface area (TPSA) is 29.1 Å². The summed E-state index contributed by atoms with van der Waals surface area (Å²) in [5.41, 5.74) is 2.16. The van der Waals surface area contributed by atoms with Crippen LogP contribution in [0.25, 0.3) is 6.08 Å². The van der Waals surface area contributed by atoms with Crippen molar-refractivity contribution in [3.8, 4) is 0 Å². The van der Waals surface area contributed by atoms with Crippen LogP contribution >= 0.6 is 0 Å². The van der Waals surface area contributed by atoms with Crippen molar-refractivity contribution in [2.45, 2.75) is 20.0 Å². The van der Waals surface area contributed by atoms with Crippen LogP contribution in [0.4, 0.5) is 18.9 Å². The number of rotatable bonds is 3. The van der Waals surface area contributed by atoms with Gasteiger partial charge < -0.3 is 5.32 Å². The molecule has 102 valence electrons. The smallest absolute Gasteiger partial charge is 0.325 e. The lowest BCUT2D eigenvalue weighted by atomic mass is 10.1. The number of nitrogens with one attached hydrogen (secondary N) is 1. The lowest BCUT2D eigenvalue weighted by Crippen LogP contribution is -2.18. The molecule has 5 heteroatoms. The molecule has 0 unspecified atom stereocenters. The maximum absolute atomic E-state index is 12.6. The van der Waals surface area contributed by atoms with E-state index in [4.69, 9.17) is 0 Å². The first-order valence-corrected chi connectivity index (χ1v) is 5.63. The lowest BCUT2D eigenvalue weighted by Gasteiger charge is -2.13. The first-order valence-electron chi connectivity index (χ1n) is 5.63. The van der Waals surface area contributed by atoms with Gasteiger partial charge in [0.1, 0.15) is 0 Å². The SMILES string of the molecule is C=C=Cc1cc(C(F)(F)F)ccc1NC(=O)C(C)C. The van der Waals surface area contributed by atoms with E-state index >= 15 is 0 Å². The molecule has 0 heterocycles. The molecule has 0 bridgehead atoms. The van der Waals surface area contributed by atoms with E-state index in [1.165, 1.54) is 12.1 Å². The van der Waals surface area contributed by atoms with E-state index in [1.54, 1.807) is 13.8 Å². The van der Waals surface area contributed by atoms with E-state index in [0.717, 1.165) is 12.1 Å². The predicted molar refractivity (Wildman–Crippen MR) is 68.5 cm³/mol. The molecule has 0 spiro atoms. The molecule has 0 radical (unpaired) electrons. The Hall–Kier alpha value is -2.00. The van der Waals surface area contributed by atoms with Crippen LogP contribution in [-0.4, -0.2) is 5.91 Å². The summed E-state index contributed by atoms with van der Waals surface area (Å²) in [6.07, 6.45) is -3.13. The van der Waals surface area contributed by atoms with E-state index in [2.05, 4.69) is 17.6 Å². The highest BCUT2D eigenvalue weighted by Crippen LogP contribution is 2.32. The molecule has 0 aliphatic carbocycles. The number of carbonyl (C=O) groups is 1. The Balaban J connectivity index is 3.19. The average Bonchev–Trinajstić information content (AvgIpc) is 2.30. The van der Waals surface area contributed by atoms with Crippen molar-refractivity contribution in [2.24, 2.45) is 5.92 Å². The van der Waals surface area contributed by atoms with Gasteiger partial charge in [-0.15, -0.1) is 5.73 Å². The average molecular weight is 269 g/mol. The second kappa shape index (κ2) is 5.76. The minimum Gasteiger partial charge on any atom is -0.325 e. The number of halogens is 3. The van der Waals surface area contributed by atoms with E-state index in [0.29, 0.717) is 5.69 Å². The van der Waals surface area contributed by atoms with Crippen LogP contribution in [0.15, 0.2) is 30.5 Å². The fourth-order valence-corrected chi connectivity index (χ4v) is 1.36. The van der Waals surface area contributed by atoms with Gasteiger partial charge in [-0.05, 0) is 24.3 Å². The standard InChI is InChI=1S/C14H14F3NO/c1-4-5-10-8-11(14(15,16)17)6-7-12(10)18-13(19)9(2)3/h5-9H,1H2,2-3H3,(H,18,19). The van der Waals surface area contributed by atoms with E-state index in [1.807, 2.05) is 0 Å². The first-order chi connectivity index (χ1) is 8.75. The molecule has 0 aliphatic heterocycles. The third-order valence-corrected chi connectivity index (χ3v) is 2.42. The zero-order valence-electron chi connectivity index (χ0n) is 10.6. The Kier molecular flexibility index (Phi) is 4.57. The summed E-state index contributed by atoms with van der Waals surface area (Å²) >= 11 is 0. The summed E-state index contributed by atoms with van der Waals surface area (Å²) in [6, 6.07) is 3.11. The monoisotopic (exact) mass is 269 g/mol. The van der Waals surface area contributed by atoms with Gasteiger partial charge >= 0.3 is 6.18 Å². The van der Waals surface area contributed by atoms with Gasteiger partial charge in [0.15, 0.2) is 0 Å². The fraction of sp³-hybridized carbons (Fsp3) is 0.286. The Morgan fingerprint density at radius 1 is 1.42 bits per heavy atom. The summed E-state index contributed by atoms with van der Waals surface area (Å²) in [5.74, 6) is -0.527. The summed E-state index contributed by atoms with van der Waals surface area (Å²) in [4.78, 5) is 11.6. The van der Waals surface area contributed by atoms with Gasteiger partial charge in [-0.25, -0.2) is 0 Å². The van der Waals surface area contributed by atoms with Gasteiger partial charge in [0.05, 0.1) is 5.56 Å². The number of alkyl halides is 3. The zero-order valence-corrected chi connectivity index (χ0v) is 10.6. The Bertz CT molecular complexity index is 526. The molecule has 19 heavy (non-hydrogen) atoms. The summed E-state index contributed by atoms with van der Waals surface area (Å²) in [7, 11) is 0. The molecular formula is C14H14F3NO. The molecule has 0 aromatic heterocycles. The summed E-state index contributed by atoms with van der Waals surface area (Å²) < 4.78 is 37.8. The summed E-state index contributed by atoms with van der Waals surface area (Å²) in [5, 5.41) is 2.57. The van der Waals surface area contributed by atoms with Gasteiger partial charge in [-0.3, -0.25) is 4.79 Å². The van der Waals surface area contributed by atoms with Crippen LogP contribution in [0.3, 0.4) is 0 Å². The van der Waals surface area contributed by atoms with Crippen molar-refractivity contribution in [2.75, 3.05) is 5.32 Å². The van der Waals surface area contributed by atoms with Crippen LogP contribution in [0, 0.1) is 5.92 Å². The molecule has 0 fully saturated rings. The van der Waals surface area contributed by atoms with Crippen LogP contribution in [0.2, 0.25) is 0 Å². The number of carbonyl (C=O) groups excluding carboxylic acids is 1. The third-order valence-electron chi connectivity index (χ3n) is 2.42. The van der Waals surface area contributed by atoms with Gasteiger partial charge in [-0.1, -0.05) is 20.4 Å². The first kappa shape index (κ1) is 15.1. The second-order valence-corrected chi connectivity index (χ2v) is 4.29. The quantitative estimate of drug-likeness (QED) is 0.822. The largest absolute Gasteiger partial charge is 0.416 e. The highest BCUT2D eigenvalue weighted by Gasteiger charge is 2.30. The van der Waals surface area contributed by atoms with Crippen molar-refractivity contribution in [3.63, 3.8) is 0 Å². The number of amides is 1. The predicted octanol–water partition coefficient (Wildman–Crippen LogP) is 4.10. The number of hydrogen-bond acceptors (Lipinski definition) is 1. The van der Waals surface area contributed by atoms with Crippen LogP contribution in [0.1, 0.15) is 25.0 Å². The number of benzene rings is 1. The van der Waals surface area contributed by atoms with Crippen molar-refractivity contribution >= 4 is 17.7 Å². The molecule has 0 saturated carbocycles. The van der Waals surface area contributed by atoms with Crippen molar-refractivity contribution < 1.29 is 18.0 Å². The molecular weight excluding hydrogens is 255 g/mol. The van der Waals surface area contributed by atoms with Crippen molar-refractivity contribution in [1.82, 2.24) is 0 Å². The Morgan fingerprint density at radius 2 is 2.05 bits per heavy atom. The van der Waals surface area contributed by atoms with Crippen molar-refractivity contribution in [3.05, 3.63) is 41.6 Å². The highest BCUT2D eigenvalue weighted by molar-refractivity contribution is 5.94. The minimum absolute atomic E-state index is 0.221. The van der Waals surface area contributed by atoms with Crippen LogP contribution < -0.4 is 5.32 Å². The second-order valence-electron chi connectivity index (χ2n) is 4.29. The van der Waals surface area contributed by atoms with Crippen molar-refractivity contribution in [1.29, 1.82) is 0 Å². The van der Waals surface area contributed by atoms with Gasteiger partial charge in [0.25, 0.3) is 0 Å². The fourth-order valence-electron chi connectivity index (χ4n) is 1.36. The van der Waals surface area contributed by atoms with Crippen LogP contribution in [0.5, 0.6) is 0 Å². The molecule has 2 nitrogen and oxygen atoms in total. The lowest BCUT2D eigenvalue weighted by molar-refractivity contribution is -0.137. The zero-order chi connectivity index (χ0) is 14.6. The van der Waals surface area contributed by atoms with E-state index < -0.39 is 11.7 Å². The van der Waals surface area contributed by atoms with Gasteiger partial charge in [0, 0.05) is 17.2 Å². The molecule has 1 rings (SSSR count). The molecule has 0 atom stereocenters. The third kappa shape index (κ3) is 4.00. The minimum atomic E-state index is -4.43. The summed E-state index contributed by atoms with van der Waals surface area (Å²) in [6.45, 7) is 6.72. The molecule has 1 amide bonds. The van der Waals surface area contributed by atoms with Gasteiger partial charge in [0.2, 0.25) is 5.91 Å². The maximum atomic E-state index is 12.6. The van der Waals surface area contributed by atoms with E-state index in [9.17, 15) is 18.0 Å². The molecule has 1 aromatic rings. The molecule has 0 aliphatic rings. The molecule has 1 N–H and O–H groups in total. The van der Waals surface area contributed by atoms with E-state index in [-0.39, 0.29) is 17.4 Å². The van der Waals surface area contributed by atoms with Crippen LogP contribution in [-0.2, 0) is 11.0 Å².